The molecule has 0 saturated heterocycles. The molecule has 2 rings (SSSR count). The van der Waals surface area contributed by atoms with E-state index in [0.717, 1.165) is 20.1 Å². The molecule has 1 aromatic carbocycles. The number of rotatable bonds is 3. The van der Waals surface area contributed by atoms with E-state index in [4.69, 9.17) is 5.73 Å². The van der Waals surface area contributed by atoms with Gasteiger partial charge >= 0.3 is 0 Å². The van der Waals surface area contributed by atoms with Crippen LogP contribution in [0.15, 0.2) is 37.3 Å². The molecule has 1 aromatic heterocycles. The first kappa shape index (κ1) is 13.1. The molecule has 0 aliphatic rings. The van der Waals surface area contributed by atoms with Crippen molar-refractivity contribution in [1.82, 2.24) is 4.98 Å². The predicted octanol–water partition coefficient (Wildman–Crippen LogP) is 4.38. The lowest BCUT2D eigenvalue weighted by Crippen LogP contribution is -2.06. The van der Waals surface area contributed by atoms with Gasteiger partial charge in [0.1, 0.15) is 0 Å². The predicted molar refractivity (Wildman–Crippen MR) is 77.7 cm³/mol. The maximum atomic E-state index is 5.99. The second kappa shape index (κ2) is 5.52. The first-order chi connectivity index (χ1) is 8.06. The van der Waals surface area contributed by atoms with Gasteiger partial charge in [0.25, 0.3) is 0 Å². The molecule has 0 saturated carbocycles. The van der Waals surface area contributed by atoms with Crippen molar-refractivity contribution in [3.8, 4) is 0 Å². The molecule has 1 unspecified atom stereocenters. The zero-order valence-electron chi connectivity index (χ0n) is 9.61. The summed E-state index contributed by atoms with van der Waals surface area (Å²) in [4.78, 5) is 5.64. The fourth-order valence-corrected chi connectivity index (χ4v) is 3.82. The molecule has 0 aliphatic carbocycles. The summed E-state index contributed by atoms with van der Waals surface area (Å²) < 4.78 is 2.12. The van der Waals surface area contributed by atoms with Crippen molar-refractivity contribution >= 4 is 39.0 Å². The molecule has 2 nitrogen and oxygen atoms in total. The fourth-order valence-electron chi connectivity index (χ4n) is 1.44. The van der Waals surface area contributed by atoms with E-state index in [2.05, 4.69) is 38.4 Å². The number of thiazole rings is 1. The molecule has 90 valence electrons. The monoisotopic (exact) mass is 328 g/mol. The van der Waals surface area contributed by atoms with Crippen LogP contribution in [0.2, 0.25) is 0 Å². The molecule has 0 fully saturated rings. The smallest absolute Gasteiger partial charge is 0.154 e. The highest BCUT2D eigenvalue weighted by molar-refractivity contribution is 9.10. The van der Waals surface area contributed by atoms with Gasteiger partial charge in [0, 0.05) is 26.5 Å². The molecular formula is C12H13BrN2S2. The molecule has 0 amide bonds. The van der Waals surface area contributed by atoms with Crippen LogP contribution in [-0.2, 0) is 0 Å². The van der Waals surface area contributed by atoms with Gasteiger partial charge in [-0.3, -0.25) is 0 Å². The van der Waals surface area contributed by atoms with Gasteiger partial charge in [0.05, 0.1) is 0 Å². The second-order valence-electron chi connectivity index (χ2n) is 3.83. The number of aryl methyl sites for hydroxylation is 1. The van der Waals surface area contributed by atoms with Gasteiger partial charge in [-0.2, -0.15) is 0 Å². The van der Waals surface area contributed by atoms with Gasteiger partial charge in [-0.15, -0.1) is 11.3 Å². The molecule has 17 heavy (non-hydrogen) atoms. The van der Waals surface area contributed by atoms with E-state index in [0.29, 0.717) is 0 Å². The van der Waals surface area contributed by atoms with Gasteiger partial charge in [-0.1, -0.05) is 27.7 Å². The van der Waals surface area contributed by atoms with Crippen molar-refractivity contribution in [3.05, 3.63) is 39.3 Å². The van der Waals surface area contributed by atoms with E-state index < -0.39 is 0 Å². The van der Waals surface area contributed by atoms with Gasteiger partial charge in [0.15, 0.2) is 4.34 Å². The maximum absolute atomic E-state index is 5.99. The average Bonchev–Trinajstić information content (AvgIpc) is 2.66. The van der Waals surface area contributed by atoms with E-state index in [1.807, 2.05) is 19.9 Å². The molecule has 0 spiro atoms. The Morgan fingerprint density at radius 2 is 2.24 bits per heavy atom. The summed E-state index contributed by atoms with van der Waals surface area (Å²) in [5.41, 5.74) is 8.21. The number of nitrogens with zero attached hydrogens (tertiary/aromatic N) is 1. The average molecular weight is 329 g/mol. The zero-order valence-corrected chi connectivity index (χ0v) is 12.8. The molecule has 5 heteroatoms. The topological polar surface area (TPSA) is 38.9 Å². The van der Waals surface area contributed by atoms with Gasteiger partial charge in [-0.25, -0.2) is 4.98 Å². The van der Waals surface area contributed by atoms with E-state index in [-0.39, 0.29) is 6.04 Å². The van der Waals surface area contributed by atoms with Crippen LogP contribution in [0.4, 0.5) is 0 Å². The fraction of sp³-hybridized carbons (Fsp3) is 0.250. The van der Waals surface area contributed by atoms with Crippen LogP contribution in [0.3, 0.4) is 0 Å². The SMILES string of the molecule is Cc1csc(Sc2ccc(Br)cc2C(C)N)n1. The molecule has 0 bridgehead atoms. The van der Waals surface area contributed by atoms with Crippen LogP contribution >= 0.6 is 39.0 Å². The van der Waals surface area contributed by atoms with Crippen molar-refractivity contribution in [2.24, 2.45) is 5.73 Å². The molecule has 1 heterocycles. The standard InChI is InChI=1S/C12H13BrN2S2/c1-7-6-16-12(15-7)17-11-4-3-9(13)5-10(11)8(2)14/h3-6,8H,14H2,1-2H3. The van der Waals surface area contributed by atoms with E-state index >= 15 is 0 Å². The minimum Gasteiger partial charge on any atom is -0.324 e. The summed E-state index contributed by atoms with van der Waals surface area (Å²) in [6, 6.07) is 6.22. The molecule has 1 atom stereocenters. The minimum absolute atomic E-state index is 0.0241. The summed E-state index contributed by atoms with van der Waals surface area (Å²) in [6.45, 7) is 4.01. The van der Waals surface area contributed by atoms with Gasteiger partial charge < -0.3 is 5.73 Å². The van der Waals surface area contributed by atoms with Gasteiger partial charge in [0.2, 0.25) is 0 Å². The maximum Gasteiger partial charge on any atom is 0.154 e. The van der Waals surface area contributed by atoms with Crippen LogP contribution < -0.4 is 5.73 Å². The van der Waals surface area contributed by atoms with Crippen LogP contribution in [0.1, 0.15) is 24.2 Å². The molecule has 2 aromatic rings. The molecule has 2 N–H and O–H groups in total. The summed E-state index contributed by atoms with van der Waals surface area (Å²) >= 11 is 6.82. The van der Waals surface area contributed by atoms with Crippen LogP contribution in [-0.4, -0.2) is 4.98 Å². The summed E-state index contributed by atoms with van der Waals surface area (Å²) in [5.74, 6) is 0. The van der Waals surface area contributed by atoms with E-state index in [1.54, 1.807) is 23.1 Å². The third kappa shape index (κ3) is 3.31. The normalized spacial score (nSPS) is 12.7. The second-order valence-corrected chi connectivity index (χ2v) is 6.89. The first-order valence-electron chi connectivity index (χ1n) is 5.21. The van der Waals surface area contributed by atoms with Crippen molar-refractivity contribution in [3.63, 3.8) is 0 Å². The Hall–Kier alpha value is -0.360. The number of nitrogens with two attached hydrogens (primary N) is 1. The van der Waals surface area contributed by atoms with Crippen molar-refractivity contribution in [1.29, 1.82) is 0 Å². The Kier molecular flexibility index (Phi) is 4.25. The third-order valence-electron chi connectivity index (χ3n) is 2.26. The molecule has 0 radical (unpaired) electrons. The highest BCUT2D eigenvalue weighted by atomic mass is 79.9. The largest absolute Gasteiger partial charge is 0.324 e. The van der Waals surface area contributed by atoms with Crippen LogP contribution in [0.5, 0.6) is 0 Å². The highest BCUT2D eigenvalue weighted by Gasteiger charge is 2.10. The lowest BCUT2D eigenvalue weighted by atomic mass is 10.1. The van der Waals surface area contributed by atoms with E-state index in [9.17, 15) is 0 Å². The van der Waals surface area contributed by atoms with Crippen molar-refractivity contribution in [2.75, 3.05) is 0 Å². The Morgan fingerprint density at radius 1 is 1.47 bits per heavy atom. The first-order valence-corrected chi connectivity index (χ1v) is 7.70. The van der Waals surface area contributed by atoms with E-state index in [1.165, 1.54) is 4.90 Å². The number of hydrogen-bond donors (Lipinski definition) is 1. The Morgan fingerprint density at radius 3 is 2.82 bits per heavy atom. The summed E-state index contributed by atoms with van der Waals surface area (Å²) in [5, 5.41) is 2.06. The number of hydrogen-bond acceptors (Lipinski definition) is 4. The van der Waals surface area contributed by atoms with Crippen molar-refractivity contribution in [2.45, 2.75) is 29.1 Å². The van der Waals surface area contributed by atoms with Crippen molar-refractivity contribution < 1.29 is 0 Å². The molecule has 0 aliphatic heterocycles. The number of aromatic nitrogens is 1. The Labute approximate surface area is 118 Å². The summed E-state index contributed by atoms with van der Waals surface area (Å²) in [7, 11) is 0. The quantitative estimate of drug-likeness (QED) is 0.908. The molecular weight excluding hydrogens is 316 g/mol. The third-order valence-corrected chi connectivity index (χ3v) is 4.90. The van der Waals surface area contributed by atoms with Gasteiger partial charge in [-0.05, 0) is 37.6 Å². The zero-order chi connectivity index (χ0) is 12.4. The Bertz CT molecular complexity index is 523. The lowest BCUT2D eigenvalue weighted by Gasteiger charge is -2.11. The lowest BCUT2D eigenvalue weighted by molar-refractivity contribution is 0.796. The van der Waals surface area contributed by atoms with Crippen LogP contribution in [0, 0.1) is 6.92 Å². The Balaban J connectivity index is 2.32. The number of benzene rings is 1. The minimum atomic E-state index is 0.0241. The van der Waals surface area contributed by atoms with Crippen LogP contribution in [0.25, 0.3) is 0 Å². The number of halogens is 1. The summed E-state index contributed by atoms with van der Waals surface area (Å²) in [6.07, 6.45) is 0. The highest BCUT2D eigenvalue weighted by Crippen LogP contribution is 2.35.